The van der Waals surface area contributed by atoms with Crippen molar-refractivity contribution >= 4 is 33.8 Å². The number of nitrogens with two attached hydrogens (primary N) is 1. The van der Waals surface area contributed by atoms with Crippen molar-refractivity contribution in [3.05, 3.63) is 45.8 Å². The molecule has 0 unspecified atom stereocenters. The van der Waals surface area contributed by atoms with Crippen molar-refractivity contribution in [2.75, 3.05) is 6.54 Å². The van der Waals surface area contributed by atoms with E-state index in [9.17, 15) is 0 Å². The van der Waals surface area contributed by atoms with Gasteiger partial charge in [0.1, 0.15) is 0 Å². The standard InChI is InChI=1S/C18H21ClN2S/c1-2-12-6-7-15-14(11-12)13(5-3-4-10-20)18(21-15)16-8-9-17(19)22-16/h6-9,11,21H,2-5,10,20H2,1H3. The van der Waals surface area contributed by atoms with Gasteiger partial charge in [0.25, 0.3) is 0 Å². The Morgan fingerprint density at radius 1 is 1.18 bits per heavy atom. The lowest BCUT2D eigenvalue weighted by Crippen LogP contribution is -1.99. The van der Waals surface area contributed by atoms with Gasteiger partial charge >= 0.3 is 0 Å². The maximum Gasteiger partial charge on any atom is 0.0935 e. The third kappa shape index (κ3) is 3.07. The minimum absolute atomic E-state index is 0.753. The van der Waals surface area contributed by atoms with Gasteiger partial charge in [-0.05, 0) is 67.6 Å². The summed E-state index contributed by atoms with van der Waals surface area (Å²) in [7, 11) is 0. The van der Waals surface area contributed by atoms with Gasteiger partial charge in [0.2, 0.25) is 0 Å². The van der Waals surface area contributed by atoms with E-state index in [-0.39, 0.29) is 0 Å². The molecule has 2 nitrogen and oxygen atoms in total. The van der Waals surface area contributed by atoms with Gasteiger partial charge in [0.05, 0.1) is 14.9 Å². The molecular formula is C18H21ClN2S. The number of aryl methyl sites for hydroxylation is 2. The molecule has 0 bridgehead atoms. The zero-order chi connectivity index (χ0) is 15.5. The number of rotatable bonds is 6. The molecule has 3 aromatic rings. The van der Waals surface area contributed by atoms with Crippen molar-refractivity contribution < 1.29 is 0 Å². The van der Waals surface area contributed by atoms with Gasteiger partial charge in [0, 0.05) is 10.9 Å². The Kier molecular flexibility index (Phi) is 4.87. The van der Waals surface area contributed by atoms with Crippen molar-refractivity contribution in [2.24, 2.45) is 5.73 Å². The Labute approximate surface area is 140 Å². The van der Waals surface area contributed by atoms with Crippen molar-refractivity contribution in [3.63, 3.8) is 0 Å². The molecular weight excluding hydrogens is 312 g/mol. The molecule has 0 atom stereocenters. The van der Waals surface area contributed by atoms with Crippen LogP contribution in [0.15, 0.2) is 30.3 Å². The quantitative estimate of drug-likeness (QED) is 0.583. The summed E-state index contributed by atoms with van der Waals surface area (Å²) in [4.78, 5) is 4.80. The summed E-state index contributed by atoms with van der Waals surface area (Å²) < 4.78 is 0.829. The summed E-state index contributed by atoms with van der Waals surface area (Å²) in [5, 5.41) is 1.34. The number of H-pyrrole nitrogens is 1. The highest BCUT2D eigenvalue weighted by Gasteiger charge is 2.14. The first kappa shape index (κ1) is 15.6. The molecule has 0 radical (unpaired) electrons. The fourth-order valence-corrected chi connectivity index (χ4v) is 3.95. The summed E-state index contributed by atoms with van der Waals surface area (Å²) >= 11 is 7.75. The number of fused-ring (bicyclic) bond motifs is 1. The summed E-state index contributed by atoms with van der Waals surface area (Å²) in [5.74, 6) is 0. The van der Waals surface area contributed by atoms with Gasteiger partial charge in [-0.25, -0.2) is 0 Å². The lowest BCUT2D eigenvalue weighted by Gasteiger charge is -2.04. The van der Waals surface area contributed by atoms with E-state index in [1.165, 1.54) is 32.6 Å². The highest BCUT2D eigenvalue weighted by molar-refractivity contribution is 7.19. The van der Waals surface area contributed by atoms with Gasteiger partial charge in [0.15, 0.2) is 0 Å². The first-order valence-corrected chi connectivity index (χ1v) is 9.01. The number of benzene rings is 1. The van der Waals surface area contributed by atoms with E-state index in [0.29, 0.717) is 0 Å². The molecule has 3 N–H and O–H groups in total. The maximum absolute atomic E-state index is 6.12. The fourth-order valence-electron chi connectivity index (χ4n) is 2.88. The normalized spacial score (nSPS) is 11.4. The van der Waals surface area contributed by atoms with E-state index in [0.717, 1.165) is 36.6 Å². The SMILES string of the molecule is CCc1ccc2[nH]c(-c3ccc(Cl)s3)c(CCCCN)c2c1. The van der Waals surface area contributed by atoms with Crippen LogP contribution >= 0.6 is 22.9 Å². The van der Waals surface area contributed by atoms with Crippen molar-refractivity contribution in [1.82, 2.24) is 4.98 Å². The molecule has 0 aliphatic rings. The predicted molar refractivity (Wildman–Crippen MR) is 98.0 cm³/mol. The maximum atomic E-state index is 6.12. The van der Waals surface area contributed by atoms with Crippen molar-refractivity contribution in [3.8, 4) is 10.6 Å². The molecule has 0 saturated heterocycles. The van der Waals surface area contributed by atoms with Gasteiger partial charge in [-0.3, -0.25) is 0 Å². The lowest BCUT2D eigenvalue weighted by molar-refractivity contribution is 0.748. The average molecular weight is 333 g/mol. The third-order valence-corrected chi connectivity index (χ3v) is 5.33. The fraction of sp³-hybridized carbons (Fsp3) is 0.333. The zero-order valence-electron chi connectivity index (χ0n) is 12.8. The Bertz CT molecular complexity index is 773. The minimum Gasteiger partial charge on any atom is -0.354 e. The molecule has 0 saturated carbocycles. The molecule has 1 aromatic carbocycles. The average Bonchev–Trinajstić information content (AvgIpc) is 3.11. The number of nitrogens with one attached hydrogen (secondary N) is 1. The second-order valence-corrected chi connectivity index (χ2v) is 7.28. The van der Waals surface area contributed by atoms with Crippen LogP contribution in [-0.2, 0) is 12.8 Å². The lowest BCUT2D eigenvalue weighted by atomic mass is 10.0. The van der Waals surface area contributed by atoms with Crippen LogP contribution in [0.3, 0.4) is 0 Å². The first-order valence-electron chi connectivity index (χ1n) is 7.82. The zero-order valence-corrected chi connectivity index (χ0v) is 14.4. The Hall–Kier alpha value is -1.29. The van der Waals surface area contributed by atoms with Crippen LogP contribution in [0.2, 0.25) is 4.34 Å². The number of hydrogen-bond donors (Lipinski definition) is 2. The van der Waals surface area contributed by atoms with Crippen LogP contribution in [0.1, 0.15) is 30.9 Å². The van der Waals surface area contributed by atoms with E-state index >= 15 is 0 Å². The molecule has 0 aliphatic heterocycles. The van der Waals surface area contributed by atoms with Crippen molar-refractivity contribution in [2.45, 2.75) is 32.6 Å². The highest BCUT2D eigenvalue weighted by atomic mass is 35.5. The van der Waals surface area contributed by atoms with Crippen LogP contribution < -0.4 is 5.73 Å². The second kappa shape index (κ2) is 6.86. The summed E-state index contributed by atoms with van der Waals surface area (Å²) in [5.41, 5.74) is 10.9. The predicted octanol–water partition coefficient (Wildman–Crippen LogP) is 5.39. The number of halogens is 1. The molecule has 0 fully saturated rings. The molecule has 116 valence electrons. The van der Waals surface area contributed by atoms with Crippen molar-refractivity contribution in [1.29, 1.82) is 0 Å². The van der Waals surface area contributed by atoms with Crippen LogP contribution in [0.25, 0.3) is 21.5 Å². The topological polar surface area (TPSA) is 41.8 Å². The Morgan fingerprint density at radius 3 is 2.73 bits per heavy atom. The number of hydrogen-bond acceptors (Lipinski definition) is 2. The largest absolute Gasteiger partial charge is 0.354 e. The first-order chi connectivity index (χ1) is 10.7. The summed E-state index contributed by atoms with van der Waals surface area (Å²) in [6, 6.07) is 10.8. The molecule has 22 heavy (non-hydrogen) atoms. The second-order valence-electron chi connectivity index (χ2n) is 5.56. The minimum atomic E-state index is 0.753. The van der Waals surface area contributed by atoms with Crippen LogP contribution in [-0.4, -0.2) is 11.5 Å². The monoisotopic (exact) mass is 332 g/mol. The number of unbranched alkanes of at least 4 members (excludes halogenated alkanes) is 1. The van der Waals surface area contributed by atoms with Gasteiger partial charge < -0.3 is 10.7 Å². The number of aromatic amines is 1. The van der Waals surface area contributed by atoms with Gasteiger partial charge in [-0.1, -0.05) is 24.6 Å². The smallest absolute Gasteiger partial charge is 0.0935 e. The molecule has 0 aliphatic carbocycles. The highest BCUT2D eigenvalue weighted by Crippen LogP contribution is 2.37. The van der Waals surface area contributed by atoms with E-state index in [2.05, 4.69) is 36.2 Å². The molecule has 3 rings (SSSR count). The number of aromatic nitrogens is 1. The van der Waals surface area contributed by atoms with Crippen LogP contribution in [0, 0.1) is 0 Å². The van der Waals surface area contributed by atoms with Gasteiger partial charge in [-0.15, -0.1) is 11.3 Å². The molecule has 2 heterocycles. The Morgan fingerprint density at radius 2 is 2.05 bits per heavy atom. The van der Waals surface area contributed by atoms with Crippen LogP contribution in [0.5, 0.6) is 0 Å². The van der Waals surface area contributed by atoms with Gasteiger partial charge in [-0.2, -0.15) is 0 Å². The van der Waals surface area contributed by atoms with E-state index < -0.39 is 0 Å². The van der Waals surface area contributed by atoms with E-state index in [4.69, 9.17) is 17.3 Å². The molecule has 4 heteroatoms. The molecule has 2 aromatic heterocycles. The Balaban J connectivity index is 2.10. The van der Waals surface area contributed by atoms with Crippen LogP contribution in [0.4, 0.5) is 0 Å². The summed E-state index contributed by atoms with van der Waals surface area (Å²) in [6.45, 7) is 2.95. The molecule has 0 spiro atoms. The third-order valence-electron chi connectivity index (χ3n) is 4.08. The number of thiophene rings is 1. The molecule has 0 amide bonds. The van der Waals surface area contributed by atoms with E-state index in [1.807, 2.05) is 6.07 Å². The van der Waals surface area contributed by atoms with E-state index in [1.54, 1.807) is 11.3 Å². The summed E-state index contributed by atoms with van der Waals surface area (Å²) in [6.07, 6.45) is 4.29.